The Morgan fingerprint density at radius 3 is 2.86 bits per heavy atom. The molecule has 5 heteroatoms. The summed E-state index contributed by atoms with van der Waals surface area (Å²) < 4.78 is 4.67. The zero-order chi connectivity index (χ0) is 10.6. The van der Waals surface area contributed by atoms with Crippen molar-refractivity contribution in [2.24, 2.45) is 10.7 Å². The summed E-state index contributed by atoms with van der Waals surface area (Å²) >= 11 is 0. The number of nitrogens with two attached hydrogens (primary N) is 1. The minimum atomic E-state index is -0.0720. The fourth-order valence-electron chi connectivity index (χ4n) is 0.909. The van der Waals surface area contributed by atoms with E-state index < -0.39 is 0 Å². The van der Waals surface area contributed by atoms with Crippen LogP contribution in [0.25, 0.3) is 0 Å². The first-order valence-corrected chi connectivity index (χ1v) is 4.45. The normalized spacial score (nSPS) is 12.9. The van der Waals surface area contributed by atoms with Crippen molar-refractivity contribution in [3.63, 3.8) is 0 Å². The van der Waals surface area contributed by atoms with Crippen LogP contribution in [0.3, 0.4) is 0 Å². The van der Waals surface area contributed by atoms with Gasteiger partial charge in [0.2, 0.25) is 0 Å². The highest BCUT2D eigenvalue weighted by molar-refractivity contribution is 5.78. The number of hydrogen-bond acceptors (Lipinski definition) is 3. The largest absolute Gasteiger partial charge is 0.370 e. The third kappa shape index (κ3) is 3.93. The maximum absolute atomic E-state index is 5.66. The molecule has 0 aliphatic rings. The molecule has 0 spiro atoms. The molecular weight excluding hydrogens is 180 g/mol. The van der Waals surface area contributed by atoms with Crippen LogP contribution in [0.15, 0.2) is 21.8 Å². The molecule has 0 aliphatic heterocycles. The predicted molar refractivity (Wildman–Crippen MR) is 54.7 cm³/mol. The molecule has 0 unspecified atom stereocenters. The number of aromatic nitrogens is 1. The number of rotatable bonds is 2. The predicted octanol–water partition coefficient (Wildman–Crippen LogP) is 0.877. The molecule has 5 nitrogen and oxygen atoms in total. The van der Waals surface area contributed by atoms with E-state index in [0.717, 1.165) is 5.69 Å². The SMILES string of the molecule is CC(C)(C)NC(N)=NCc1ccon1. The Balaban J connectivity index is 2.45. The third-order valence-corrected chi connectivity index (χ3v) is 1.41. The minimum absolute atomic E-state index is 0.0720. The van der Waals surface area contributed by atoms with Gasteiger partial charge in [0.1, 0.15) is 12.0 Å². The van der Waals surface area contributed by atoms with Crippen LogP contribution in [0, 0.1) is 0 Å². The number of nitrogens with one attached hydrogen (secondary N) is 1. The fourth-order valence-corrected chi connectivity index (χ4v) is 0.909. The maximum Gasteiger partial charge on any atom is 0.189 e. The van der Waals surface area contributed by atoms with Crippen molar-refractivity contribution in [1.82, 2.24) is 10.5 Å². The second-order valence-electron chi connectivity index (χ2n) is 4.07. The molecule has 1 aromatic rings. The minimum Gasteiger partial charge on any atom is -0.370 e. The zero-order valence-corrected chi connectivity index (χ0v) is 8.74. The lowest BCUT2D eigenvalue weighted by Gasteiger charge is -2.20. The first-order chi connectivity index (χ1) is 6.47. The molecule has 78 valence electrons. The molecule has 14 heavy (non-hydrogen) atoms. The van der Waals surface area contributed by atoms with Crippen molar-refractivity contribution in [3.8, 4) is 0 Å². The van der Waals surface area contributed by atoms with E-state index in [0.29, 0.717) is 12.5 Å². The van der Waals surface area contributed by atoms with Crippen LogP contribution in [0.2, 0.25) is 0 Å². The van der Waals surface area contributed by atoms with Crippen LogP contribution in [0.1, 0.15) is 26.5 Å². The van der Waals surface area contributed by atoms with Gasteiger partial charge < -0.3 is 15.6 Å². The molecule has 1 rings (SSSR count). The van der Waals surface area contributed by atoms with Crippen molar-refractivity contribution < 1.29 is 4.52 Å². The Bertz CT molecular complexity index is 297. The summed E-state index contributed by atoms with van der Waals surface area (Å²) in [6.45, 7) is 6.49. The smallest absolute Gasteiger partial charge is 0.189 e. The number of aliphatic imine (C=N–C) groups is 1. The highest BCUT2D eigenvalue weighted by Gasteiger charge is 2.09. The van der Waals surface area contributed by atoms with Gasteiger partial charge >= 0.3 is 0 Å². The van der Waals surface area contributed by atoms with Gasteiger partial charge in [0, 0.05) is 11.6 Å². The molecule has 0 atom stereocenters. The van der Waals surface area contributed by atoms with Crippen LogP contribution in [0.4, 0.5) is 0 Å². The van der Waals surface area contributed by atoms with Crippen molar-refractivity contribution in [3.05, 3.63) is 18.0 Å². The summed E-state index contributed by atoms with van der Waals surface area (Å²) in [5.74, 6) is 0.417. The van der Waals surface area contributed by atoms with Gasteiger partial charge in [-0.2, -0.15) is 0 Å². The van der Waals surface area contributed by atoms with Crippen LogP contribution in [0.5, 0.6) is 0 Å². The highest BCUT2D eigenvalue weighted by atomic mass is 16.5. The Kier molecular flexibility index (Phi) is 3.11. The molecule has 0 aromatic carbocycles. The van der Waals surface area contributed by atoms with Crippen molar-refractivity contribution in [1.29, 1.82) is 0 Å². The monoisotopic (exact) mass is 196 g/mol. The zero-order valence-electron chi connectivity index (χ0n) is 8.74. The summed E-state index contributed by atoms with van der Waals surface area (Å²) in [6, 6.07) is 1.76. The van der Waals surface area contributed by atoms with Gasteiger partial charge in [0.15, 0.2) is 5.96 Å². The van der Waals surface area contributed by atoms with Crippen molar-refractivity contribution in [2.45, 2.75) is 32.9 Å². The van der Waals surface area contributed by atoms with Crippen molar-refractivity contribution >= 4 is 5.96 Å². The van der Waals surface area contributed by atoms with Crippen LogP contribution in [-0.4, -0.2) is 16.7 Å². The van der Waals surface area contributed by atoms with E-state index in [1.54, 1.807) is 6.07 Å². The maximum atomic E-state index is 5.66. The molecule has 0 aliphatic carbocycles. The van der Waals surface area contributed by atoms with E-state index >= 15 is 0 Å². The van der Waals surface area contributed by atoms with Gasteiger partial charge in [0.05, 0.1) is 6.54 Å². The molecule has 0 saturated heterocycles. The second-order valence-corrected chi connectivity index (χ2v) is 4.07. The van der Waals surface area contributed by atoms with E-state index in [1.807, 2.05) is 20.8 Å². The lowest BCUT2D eigenvalue weighted by molar-refractivity contribution is 0.412. The Morgan fingerprint density at radius 1 is 1.64 bits per heavy atom. The van der Waals surface area contributed by atoms with Gasteiger partial charge in [-0.3, -0.25) is 0 Å². The third-order valence-electron chi connectivity index (χ3n) is 1.41. The molecule has 0 fully saturated rings. The fraction of sp³-hybridized carbons (Fsp3) is 0.556. The average Bonchev–Trinajstić information content (AvgIpc) is 2.49. The van der Waals surface area contributed by atoms with E-state index in [4.69, 9.17) is 5.73 Å². The van der Waals surface area contributed by atoms with Gasteiger partial charge in [-0.05, 0) is 20.8 Å². The lowest BCUT2D eigenvalue weighted by atomic mass is 10.1. The Hall–Kier alpha value is -1.52. The lowest BCUT2D eigenvalue weighted by Crippen LogP contribution is -2.44. The Morgan fingerprint density at radius 2 is 2.36 bits per heavy atom. The van der Waals surface area contributed by atoms with E-state index in [-0.39, 0.29) is 5.54 Å². The molecule has 0 amide bonds. The molecule has 0 radical (unpaired) electrons. The van der Waals surface area contributed by atoms with Gasteiger partial charge in [-0.25, -0.2) is 4.99 Å². The summed E-state index contributed by atoms with van der Waals surface area (Å²) in [6.07, 6.45) is 1.51. The summed E-state index contributed by atoms with van der Waals surface area (Å²) in [5, 5.41) is 6.77. The topological polar surface area (TPSA) is 76.4 Å². The van der Waals surface area contributed by atoms with Crippen LogP contribution < -0.4 is 11.1 Å². The van der Waals surface area contributed by atoms with E-state index in [1.165, 1.54) is 6.26 Å². The number of guanidine groups is 1. The molecule has 1 aromatic heterocycles. The molecule has 3 N–H and O–H groups in total. The van der Waals surface area contributed by atoms with E-state index in [9.17, 15) is 0 Å². The quantitative estimate of drug-likeness (QED) is 0.543. The standard InChI is InChI=1S/C9H16N4O/c1-9(2,3)12-8(10)11-6-7-4-5-14-13-7/h4-5H,6H2,1-3H3,(H3,10,11,12). The first-order valence-electron chi connectivity index (χ1n) is 4.45. The van der Waals surface area contributed by atoms with Gasteiger partial charge in [-0.1, -0.05) is 5.16 Å². The van der Waals surface area contributed by atoms with Gasteiger partial charge in [0.25, 0.3) is 0 Å². The van der Waals surface area contributed by atoms with Crippen LogP contribution in [-0.2, 0) is 6.54 Å². The van der Waals surface area contributed by atoms with Crippen molar-refractivity contribution in [2.75, 3.05) is 0 Å². The summed E-state index contributed by atoms with van der Waals surface area (Å²) in [7, 11) is 0. The Labute approximate surface area is 83.4 Å². The van der Waals surface area contributed by atoms with E-state index in [2.05, 4.69) is 20.0 Å². The molecular formula is C9H16N4O. The molecule has 0 bridgehead atoms. The number of hydrogen-bond donors (Lipinski definition) is 2. The summed E-state index contributed by atoms with van der Waals surface area (Å²) in [5.41, 5.74) is 6.35. The summed E-state index contributed by atoms with van der Waals surface area (Å²) in [4.78, 5) is 4.11. The number of nitrogens with zero attached hydrogens (tertiary/aromatic N) is 2. The van der Waals surface area contributed by atoms with Gasteiger partial charge in [-0.15, -0.1) is 0 Å². The molecule has 0 saturated carbocycles. The molecule has 1 heterocycles. The first kappa shape index (κ1) is 10.6. The average molecular weight is 196 g/mol. The highest BCUT2D eigenvalue weighted by Crippen LogP contribution is 1.99. The second kappa shape index (κ2) is 4.13. The van der Waals surface area contributed by atoms with Crippen LogP contribution >= 0.6 is 0 Å².